The van der Waals surface area contributed by atoms with Crippen molar-refractivity contribution in [2.24, 2.45) is 10.7 Å². The molecule has 0 aliphatic carbocycles. The zero-order valence-corrected chi connectivity index (χ0v) is 11.0. The molecular formula is C16H17FN2. The highest BCUT2D eigenvalue weighted by Crippen LogP contribution is 2.19. The largest absolute Gasteiger partial charge is 0.383 e. The van der Waals surface area contributed by atoms with Gasteiger partial charge in [0, 0.05) is 11.1 Å². The van der Waals surface area contributed by atoms with Crippen LogP contribution in [0, 0.1) is 6.92 Å². The molecule has 0 unspecified atom stereocenters. The summed E-state index contributed by atoms with van der Waals surface area (Å²) in [7, 11) is 0. The van der Waals surface area contributed by atoms with E-state index in [0.717, 1.165) is 11.1 Å². The van der Waals surface area contributed by atoms with E-state index in [1.807, 2.05) is 31.2 Å². The number of aliphatic imine (C=N–C) groups is 1. The fourth-order valence-corrected chi connectivity index (χ4v) is 1.54. The summed E-state index contributed by atoms with van der Waals surface area (Å²) in [6.45, 7) is 12.4. The molecule has 0 saturated carbocycles. The van der Waals surface area contributed by atoms with E-state index in [-0.39, 0.29) is 17.1 Å². The Morgan fingerprint density at radius 3 is 2.58 bits per heavy atom. The average molecular weight is 256 g/mol. The fraction of sp³-hybridized carbons (Fsp3) is 0.0625. The van der Waals surface area contributed by atoms with Gasteiger partial charge in [-0.3, -0.25) is 0 Å². The Morgan fingerprint density at radius 1 is 1.37 bits per heavy atom. The topological polar surface area (TPSA) is 38.4 Å². The van der Waals surface area contributed by atoms with E-state index in [1.54, 1.807) is 0 Å². The zero-order valence-electron chi connectivity index (χ0n) is 11.0. The highest BCUT2D eigenvalue weighted by molar-refractivity contribution is 5.98. The lowest BCUT2D eigenvalue weighted by Crippen LogP contribution is -2.13. The summed E-state index contributed by atoms with van der Waals surface area (Å²) in [5, 5.41) is 0. The molecular weight excluding hydrogens is 239 g/mol. The van der Waals surface area contributed by atoms with Crippen molar-refractivity contribution in [3.8, 4) is 0 Å². The molecule has 0 aliphatic rings. The molecule has 0 spiro atoms. The molecule has 3 heteroatoms. The number of nitrogens with zero attached hydrogens (tertiary/aromatic N) is 1. The maximum Gasteiger partial charge on any atom is 0.131 e. The van der Waals surface area contributed by atoms with Crippen LogP contribution in [-0.2, 0) is 0 Å². The van der Waals surface area contributed by atoms with E-state index in [4.69, 9.17) is 5.73 Å². The van der Waals surface area contributed by atoms with Gasteiger partial charge in [-0.25, -0.2) is 9.38 Å². The molecule has 2 N–H and O–H groups in total. The molecule has 19 heavy (non-hydrogen) atoms. The summed E-state index contributed by atoms with van der Waals surface area (Å²) < 4.78 is 13.2. The van der Waals surface area contributed by atoms with Crippen LogP contribution in [0.3, 0.4) is 0 Å². The second-order valence-corrected chi connectivity index (χ2v) is 4.03. The number of hydrogen-bond acceptors (Lipinski definition) is 1. The molecule has 1 aromatic carbocycles. The third kappa shape index (κ3) is 4.07. The number of benzene rings is 1. The maximum absolute atomic E-state index is 13.2. The summed E-state index contributed by atoms with van der Waals surface area (Å²) in [5.41, 5.74) is 8.12. The Balaban J connectivity index is 3.08. The molecule has 1 rings (SSSR count). The standard InChI is InChI=1S/C16H17FN2/c1-5-7-15(12(3)17)13(4)19-16(18)14-9-6-8-11(2)10-14/h5-10H,1,3-4H2,2H3,(H2,18,19)/b15-7+. The van der Waals surface area contributed by atoms with Gasteiger partial charge in [0.2, 0.25) is 0 Å². The van der Waals surface area contributed by atoms with Crippen molar-refractivity contribution in [1.29, 1.82) is 0 Å². The van der Waals surface area contributed by atoms with Gasteiger partial charge in [0.1, 0.15) is 11.7 Å². The van der Waals surface area contributed by atoms with Gasteiger partial charge in [0.25, 0.3) is 0 Å². The van der Waals surface area contributed by atoms with Crippen LogP contribution in [0.2, 0.25) is 0 Å². The fourth-order valence-electron chi connectivity index (χ4n) is 1.54. The zero-order chi connectivity index (χ0) is 14.4. The summed E-state index contributed by atoms with van der Waals surface area (Å²) in [5.74, 6) is -0.337. The molecule has 0 atom stereocenters. The van der Waals surface area contributed by atoms with E-state index in [0.29, 0.717) is 0 Å². The Morgan fingerprint density at radius 2 is 2.05 bits per heavy atom. The lowest BCUT2D eigenvalue weighted by Gasteiger charge is -2.06. The van der Waals surface area contributed by atoms with Crippen molar-refractivity contribution in [2.45, 2.75) is 6.92 Å². The lowest BCUT2D eigenvalue weighted by atomic mass is 10.1. The molecule has 0 aliphatic heterocycles. The molecule has 1 aromatic rings. The van der Waals surface area contributed by atoms with Gasteiger partial charge >= 0.3 is 0 Å². The number of aryl methyl sites for hydroxylation is 1. The molecule has 2 nitrogen and oxygen atoms in total. The number of amidine groups is 1. The normalized spacial score (nSPS) is 12.1. The number of allylic oxidation sites excluding steroid dienone is 3. The van der Waals surface area contributed by atoms with Gasteiger partial charge in [-0.05, 0) is 13.0 Å². The highest BCUT2D eigenvalue weighted by atomic mass is 19.1. The molecule has 0 saturated heterocycles. The molecule has 0 heterocycles. The smallest absolute Gasteiger partial charge is 0.131 e. The third-order valence-corrected chi connectivity index (χ3v) is 2.46. The van der Waals surface area contributed by atoms with Gasteiger partial charge in [-0.1, -0.05) is 55.7 Å². The van der Waals surface area contributed by atoms with E-state index in [9.17, 15) is 4.39 Å². The molecule has 0 amide bonds. The van der Waals surface area contributed by atoms with Gasteiger partial charge in [-0.2, -0.15) is 0 Å². The summed E-state index contributed by atoms with van der Waals surface area (Å²) in [4.78, 5) is 4.11. The average Bonchev–Trinajstić information content (AvgIpc) is 2.35. The lowest BCUT2D eigenvalue weighted by molar-refractivity contribution is 0.658. The Hall–Kier alpha value is -2.42. The highest BCUT2D eigenvalue weighted by Gasteiger charge is 2.07. The number of rotatable bonds is 5. The van der Waals surface area contributed by atoms with Crippen LogP contribution in [0.1, 0.15) is 11.1 Å². The first-order valence-electron chi connectivity index (χ1n) is 5.73. The van der Waals surface area contributed by atoms with E-state index >= 15 is 0 Å². The second-order valence-electron chi connectivity index (χ2n) is 4.03. The van der Waals surface area contributed by atoms with E-state index in [1.165, 1.54) is 12.2 Å². The van der Waals surface area contributed by atoms with Crippen molar-refractivity contribution in [1.82, 2.24) is 0 Å². The van der Waals surface area contributed by atoms with Crippen molar-refractivity contribution in [2.75, 3.05) is 0 Å². The molecule has 98 valence electrons. The minimum atomic E-state index is -0.620. The third-order valence-electron chi connectivity index (χ3n) is 2.46. The van der Waals surface area contributed by atoms with Crippen LogP contribution in [-0.4, -0.2) is 5.84 Å². The Bertz CT molecular complexity index is 580. The predicted octanol–water partition coefficient (Wildman–Crippen LogP) is 3.81. The first kappa shape index (κ1) is 14.6. The number of nitrogens with two attached hydrogens (primary N) is 1. The van der Waals surface area contributed by atoms with Crippen LogP contribution in [0.4, 0.5) is 4.39 Å². The van der Waals surface area contributed by atoms with E-state index in [2.05, 4.69) is 24.7 Å². The minimum absolute atomic E-state index is 0.186. The van der Waals surface area contributed by atoms with Crippen LogP contribution >= 0.6 is 0 Å². The van der Waals surface area contributed by atoms with Crippen molar-refractivity contribution >= 4 is 5.84 Å². The van der Waals surface area contributed by atoms with E-state index < -0.39 is 5.83 Å². The minimum Gasteiger partial charge on any atom is -0.383 e. The number of halogens is 1. The quantitative estimate of drug-likeness (QED) is 0.485. The molecule has 0 aromatic heterocycles. The molecule has 0 fully saturated rings. The van der Waals surface area contributed by atoms with Gasteiger partial charge in [-0.15, -0.1) is 0 Å². The van der Waals surface area contributed by atoms with Crippen LogP contribution in [0.5, 0.6) is 0 Å². The van der Waals surface area contributed by atoms with Gasteiger partial charge in [0.05, 0.1) is 5.70 Å². The van der Waals surface area contributed by atoms with Crippen molar-refractivity contribution < 1.29 is 4.39 Å². The SMILES string of the molecule is C=C/C=C(\C(=C)F)C(=C)N=C(N)c1cccc(C)c1. The Labute approximate surface area is 113 Å². The van der Waals surface area contributed by atoms with Crippen molar-refractivity contribution in [3.63, 3.8) is 0 Å². The molecule has 0 bridgehead atoms. The van der Waals surface area contributed by atoms with Crippen LogP contribution < -0.4 is 5.73 Å². The predicted molar refractivity (Wildman–Crippen MR) is 79.6 cm³/mol. The van der Waals surface area contributed by atoms with Crippen LogP contribution in [0.25, 0.3) is 0 Å². The van der Waals surface area contributed by atoms with Gasteiger partial charge in [0.15, 0.2) is 0 Å². The first-order valence-corrected chi connectivity index (χ1v) is 5.73. The van der Waals surface area contributed by atoms with Gasteiger partial charge < -0.3 is 5.73 Å². The second kappa shape index (κ2) is 6.50. The number of hydrogen-bond donors (Lipinski definition) is 1. The molecule has 0 radical (unpaired) electrons. The summed E-state index contributed by atoms with van der Waals surface area (Å²) in [6.07, 6.45) is 2.90. The maximum atomic E-state index is 13.2. The first-order chi connectivity index (χ1) is 8.95. The summed E-state index contributed by atoms with van der Waals surface area (Å²) in [6, 6.07) is 7.57. The van der Waals surface area contributed by atoms with Crippen molar-refractivity contribution in [3.05, 3.63) is 84.4 Å². The Kier molecular flexibility index (Phi) is 5.01. The van der Waals surface area contributed by atoms with Crippen LogP contribution in [0.15, 0.2) is 78.2 Å². The monoisotopic (exact) mass is 256 g/mol. The summed E-state index contributed by atoms with van der Waals surface area (Å²) >= 11 is 0.